The van der Waals surface area contributed by atoms with Crippen LogP contribution in [-0.2, 0) is 6.54 Å². The Hall–Kier alpha value is -3.74. The van der Waals surface area contributed by atoms with Gasteiger partial charge in [-0.2, -0.15) is 0 Å². The minimum absolute atomic E-state index is 0.253. The maximum absolute atomic E-state index is 6.67. The minimum Gasteiger partial charge on any atom is -0.436 e. The molecule has 0 unspecified atom stereocenters. The number of fused-ring (bicyclic) bond motifs is 1. The van der Waals surface area contributed by atoms with E-state index in [1.54, 1.807) is 6.20 Å². The largest absolute Gasteiger partial charge is 0.436 e. The zero-order valence-electron chi connectivity index (χ0n) is 16.8. The molecule has 0 amide bonds. The molecule has 1 fully saturated rings. The lowest BCUT2D eigenvalue weighted by Gasteiger charge is -2.14. The van der Waals surface area contributed by atoms with Crippen LogP contribution in [0.4, 0.5) is 17.2 Å². The molecule has 2 aromatic heterocycles. The molecule has 0 aliphatic heterocycles. The molecular formula is C23H24N6O. The topological polar surface area (TPSA) is 118 Å². The van der Waals surface area contributed by atoms with E-state index < -0.39 is 0 Å². The molecule has 0 atom stereocenters. The van der Waals surface area contributed by atoms with E-state index in [4.69, 9.17) is 21.9 Å². The van der Waals surface area contributed by atoms with Crippen molar-refractivity contribution in [2.24, 2.45) is 5.92 Å². The molecule has 30 heavy (non-hydrogen) atoms. The summed E-state index contributed by atoms with van der Waals surface area (Å²) in [5.74, 6) is 1.86. The summed E-state index contributed by atoms with van der Waals surface area (Å²) in [7, 11) is 0. The molecule has 2 aromatic carbocycles. The predicted molar refractivity (Wildman–Crippen MR) is 120 cm³/mol. The number of hydrogen-bond donors (Lipinski definition) is 3. The number of aryl methyl sites for hydroxylation is 1. The Bertz CT molecular complexity index is 1260. The van der Waals surface area contributed by atoms with Gasteiger partial charge in [0.2, 0.25) is 0 Å². The Labute approximate surface area is 174 Å². The molecule has 7 nitrogen and oxygen atoms in total. The van der Waals surface area contributed by atoms with Gasteiger partial charge in [0.25, 0.3) is 5.88 Å². The number of ether oxygens (including phenoxy) is 1. The summed E-state index contributed by atoms with van der Waals surface area (Å²) < 4.78 is 8.23. The van der Waals surface area contributed by atoms with Crippen molar-refractivity contribution < 1.29 is 4.74 Å². The molecule has 1 aliphatic rings. The van der Waals surface area contributed by atoms with Crippen LogP contribution in [0.5, 0.6) is 11.6 Å². The SMILES string of the molecule is Cc1cc(N)ccc1-c1c(N)c2ccc(Oc3nccnc3N)cc2n1CC1CC1. The van der Waals surface area contributed by atoms with Crippen LogP contribution in [0, 0.1) is 12.8 Å². The van der Waals surface area contributed by atoms with Gasteiger partial charge in [-0.15, -0.1) is 0 Å². The molecule has 1 aliphatic carbocycles. The summed E-state index contributed by atoms with van der Waals surface area (Å²) in [6.07, 6.45) is 5.58. The molecule has 6 N–H and O–H groups in total. The molecule has 4 aromatic rings. The quantitative estimate of drug-likeness (QED) is 0.429. The zero-order valence-corrected chi connectivity index (χ0v) is 16.8. The van der Waals surface area contributed by atoms with Gasteiger partial charge in [0.1, 0.15) is 5.75 Å². The first-order valence-electron chi connectivity index (χ1n) is 10.0. The summed E-state index contributed by atoms with van der Waals surface area (Å²) in [6, 6.07) is 11.8. The van der Waals surface area contributed by atoms with E-state index in [-0.39, 0.29) is 5.82 Å². The van der Waals surface area contributed by atoms with E-state index in [2.05, 4.69) is 27.5 Å². The van der Waals surface area contributed by atoms with Gasteiger partial charge in [-0.1, -0.05) is 6.07 Å². The Morgan fingerprint density at radius 2 is 1.83 bits per heavy atom. The van der Waals surface area contributed by atoms with Crippen LogP contribution in [0.15, 0.2) is 48.8 Å². The van der Waals surface area contributed by atoms with Crippen molar-refractivity contribution in [2.75, 3.05) is 17.2 Å². The highest BCUT2D eigenvalue weighted by Gasteiger charge is 2.26. The monoisotopic (exact) mass is 400 g/mol. The fourth-order valence-corrected chi connectivity index (χ4v) is 3.94. The third kappa shape index (κ3) is 3.18. The summed E-state index contributed by atoms with van der Waals surface area (Å²) in [5, 5.41) is 1.00. The van der Waals surface area contributed by atoms with E-state index in [9.17, 15) is 0 Å². The van der Waals surface area contributed by atoms with Crippen LogP contribution in [0.25, 0.3) is 22.2 Å². The summed E-state index contributed by atoms with van der Waals surface area (Å²) in [5.41, 5.74) is 24.3. The summed E-state index contributed by atoms with van der Waals surface area (Å²) in [4.78, 5) is 8.20. The maximum atomic E-state index is 6.67. The van der Waals surface area contributed by atoms with Crippen molar-refractivity contribution in [1.29, 1.82) is 0 Å². The minimum atomic E-state index is 0.253. The molecule has 7 heteroatoms. The van der Waals surface area contributed by atoms with Crippen LogP contribution < -0.4 is 21.9 Å². The van der Waals surface area contributed by atoms with Crippen LogP contribution >= 0.6 is 0 Å². The molecular weight excluding hydrogens is 376 g/mol. The third-order valence-electron chi connectivity index (χ3n) is 5.62. The zero-order chi connectivity index (χ0) is 20.8. The Balaban J connectivity index is 1.67. The highest BCUT2D eigenvalue weighted by Crippen LogP contribution is 2.42. The summed E-state index contributed by atoms with van der Waals surface area (Å²) in [6.45, 7) is 2.99. The fraction of sp³-hybridized carbons (Fsp3) is 0.217. The van der Waals surface area contributed by atoms with Crippen molar-refractivity contribution in [3.63, 3.8) is 0 Å². The highest BCUT2D eigenvalue weighted by molar-refractivity contribution is 6.02. The second-order valence-electron chi connectivity index (χ2n) is 7.92. The Morgan fingerprint density at radius 3 is 2.57 bits per heavy atom. The first-order chi connectivity index (χ1) is 14.5. The van der Waals surface area contributed by atoms with Crippen molar-refractivity contribution >= 4 is 28.1 Å². The maximum Gasteiger partial charge on any atom is 0.262 e. The average Bonchev–Trinajstić information content (AvgIpc) is 3.50. The van der Waals surface area contributed by atoms with E-state index in [1.807, 2.05) is 30.3 Å². The van der Waals surface area contributed by atoms with Crippen LogP contribution in [-0.4, -0.2) is 14.5 Å². The van der Waals surface area contributed by atoms with E-state index in [0.29, 0.717) is 17.5 Å². The molecule has 5 rings (SSSR count). The number of hydrogen-bond acceptors (Lipinski definition) is 6. The molecule has 0 bridgehead atoms. The third-order valence-corrected chi connectivity index (χ3v) is 5.62. The molecule has 0 saturated heterocycles. The number of nitrogens with two attached hydrogens (primary N) is 3. The van der Waals surface area contributed by atoms with Gasteiger partial charge in [-0.25, -0.2) is 9.97 Å². The number of anilines is 3. The van der Waals surface area contributed by atoms with Crippen LogP contribution in [0.2, 0.25) is 0 Å². The molecule has 0 radical (unpaired) electrons. The lowest BCUT2D eigenvalue weighted by atomic mass is 10.0. The number of rotatable bonds is 5. The lowest BCUT2D eigenvalue weighted by Crippen LogP contribution is -2.04. The van der Waals surface area contributed by atoms with Gasteiger partial charge >= 0.3 is 0 Å². The number of benzene rings is 2. The molecule has 152 valence electrons. The Kier molecular flexibility index (Phi) is 4.24. The van der Waals surface area contributed by atoms with Crippen molar-refractivity contribution in [2.45, 2.75) is 26.3 Å². The van der Waals surface area contributed by atoms with E-state index in [0.717, 1.165) is 45.6 Å². The van der Waals surface area contributed by atoms with Gasteiger partial charge in [0.05, 0.1) is 16.9 Å². The van der Waals surface area contributed by atoms with Gasteiger partial charge in [0, 0.05) is 41.6 Å². The van der Waals surface area contributed by atoms with Crippen molar-refractivity contribution in [3.05, 3.63) is 54.4 Å². The van der Waals surface area contributed by atoms with Crippen molar-refractivity contribution in [1.82, 2.24) is 14.5 Å². The second kappa shape index (κ2) is 6.95. The van der Waals surface area contributed by atoms with Crippen LogP contribution in [0.1, 0.15) is 18.4 Å². The van der Waals surface area contributed by atoms with Gasteiger partial charge in [-0.05, 0) is 55.5 Å². The summed E-state index contributed by atoms with van der Waals surface area (Å²) >= 11 is 0. The Morgan fingerprint density at radius 1 is 1.03 bits per heavy atom. The average molecular weight is 400 g/mol. The smallest absolute Gasteiger partial charge is 0.262 e. The van der Waals surface area contributed by atoms with Gasteiger partial charge < -0.3 is 26.5 Å². The number of aromatic nitrogens is 3. The first-order valence-corrected chi connectivity index (χ1v) is 10.0. The normalized spacial score (nSPS) is 13.6. The second-order valence-corrected chi connectivity index (χ2v) is 7.92. The number of nitrogen functional groups attached to an aromatic ring is 3. The van der Waals surface area contributed by atoms with Crippen molar-refractivity contribution in [3.8, 4) is 22.9 Å². The van der Waals surface area contributed by atoms with E-state index in [1.165, 1.54) is 19.0 Å². The number of nitrogens with zero attached hydrogens (tertiary/aromatic N) is 3. The first kappa shape index (κ1) is 18.3. The lowest BCUT2D eigenvalue weighted by molar-refractivity contribution is 0.463. The van der Waals surface area contributed by atoms with Gasteiger partial charge in [-0.3, -0.25) is 0 Å². The highest BCUT2D eigenvalue weighted by atomic mass is 16.5. The molecule has 2 heterocycles. The standard InChI is InChI=1S/C23H24N6O/c1-13-10-15(24)4-6-17(13)21-20(25)18-7-5-16(30-23-22(26)27-8-9-28-23)11-19(18)29(21)12-14-2-3-14/h4-11,14H,2-3,12,24-25H2,1H3,(H2,26,27). The van der Waals surface area contributed by atoms with Gasteiger partial charge in [0.15, 0.2) is 5.82 Å². The molecule has 1 saturated carbocycles. The fourth-order valence-electron chi connectivity index (χ4n) is 3.94. The van der Waals surface area contributed by atoms with Crippen LogP contribution in [0.3, 0.4) is 0 Å². The molecule has 0 spiro atoms. The van der Waals surface area contributed by atoms with E-state index >= 15 is 0 Å². The predicted octanol–water partition coefficient (Wildman–Crippen LogP) is 4.36.